The van der Waals surface area contributed by atoms with Gasteiger partial charge in [0.15, 0.2) is 6.29 Å². The van der Waals surface area contributed by atoms with Crippen LogP contribution in [0, 0.1) is 0 Å². The van der Waals surface area contributed by atoms with Gasteiger partial charge in [0.1, 0.15) is 5.75 Å². The Labute approximate surface area is 127 Å². The second-order valence-electron chi connectivity index (χ2n) is 4.67. The Kier molecular flexibility index (Phi) is 5.77. The molecule has 1 heterocycles. The van der Waals surface area contributed by atoms with Gasteiger partial charge in [0.05, 0.1) is 6.61 Å². The molecular weight excluding hydrogens is 288 g/mol. The molecule has 0 saturated heterocycles. The summed E-state index contributed by atoms with van der Waals surface area (Å²) in [6.07, 6.45) is -0.212. The zero-order valence-corrected chi connectivity index (χ0v) is 14.2. The maximum Gasteiger partial charge on any atom is 0.537 e. The Morgan fingerprint density at radius 1 is 1.10 bits per heavy atom. The van der Waals surface area contributed by atoms with Crippen LogP contribution in [0.25, 0.3) is 0 Å². The fourth-order valence-electron chi connectivity index (χ4n) is 2.36. The fourth-order valence-corrected chi connectivity index (χ4v) is 4.89. The molecule has 0 radical (unpaired) electrons. The molecule has 21 heavy (non-hydrogen) atoms. The first-order valence-electron chi connectivity index (χ1n) is 7.48. The van der Waals surface area contributed by atoms with Crippen molar-refractivity contribution in [3.63, 3.8) is 0 Å². The van der Waals surface area contributed by atoms with Crippen molar-refractivity contribution in [1.29, 1.82) is 0 Å². The summed E-state index contributed by atoms with van der Waals surface area (Å²) < 4.78 is 28.9. The highest BCUT2D eigenvalue weighted by atomic mass is 28.4. The van der Waals surface area contributed by atoms with Crippen LogP contribution in [0.5, 0.6) is 5.75 Å². The fraction of sp³-hybridized carbons (Fsp3) is 0.600. The van der Waals surface area contributed by atoms with Crippen molar-refractivity contribution in [2.45, 2.75) is 40.6 Å². The van der Waals surface area contributed by atoms with Gasteiger partial charge in [-0.05, 0) is 39.8 Å². The Morgan fingerprint density at radius 3 is 2.29 bits per heavy atom. The van der Waals surface area contributed by atoms with Crippen LogP contribution < -0.4 is 9.92 Å². The molecule has 1 atom stereocenters. The third-order valence-corrected chi connectivity index (χ3v) is 6.21. The molecule has 1 aromatic rings. The normalized spacial score (nSPS) is 18.2. The van der Waals surface area contributed by atoms with E-state index < -0.39 is 8.80 Å². The van der Waals surface area contributed by atoms with E-state index in [0.717, 1.165) is 16.5 Å². The van der Waals surface area contributed by atoms with Gasteiger partial charge >= 0.3 is 8.80 Å². The molecule has 1 aromatic carbocycles. The van der Waals surface area contributed by atoms with E-state index in [1.54, 1.807) is 0 Å². The van der Waals surface area contributed by atoms with Crippen LogP contribution in [0.1, 0.15) is 33.3 Å². The summed E-state index contributed by atoms with van der Waals surface area (Å²) in [4.78, 5) is 0. The molecule has 0 N–H and O–H groups in total. The van der Waals surface area contributed by atoms with Crippen LogP contribution in [-0.4, -0.2) is 34.9 Å². The smallest absolute Gasteiger partial charge is 0.465 e. The Bertz CT molecular complexity index is 448. The standard InChI is InChI=1S/C15H24O5Si/c1-5-17-21(18-6-2,19-7-3)14-8-9-15-13(10-14)11-16-12(4)20-15/h8-10,12H,5-7,11H2,1-4H3. The molecule has 0 fully saturated rings. The highest BCUT2D eigenvalue weighted by Crippen LogP contribution is 2.26. The summed E-state index contributed by atoms with van der Waals surface area (Å²) >= 11 is 0. The third-order valence-electron chi connectivity index (χ3n) is 3.18. The van der Waals surface area contributed by atoms with Gasteiger partial charge in [-0.15, -0.1) is 0 Å². The quantitative estimate of drug-likeness (QED) is 0.722. The Hall–Kier alpha value is -0.923. The molecule has 1 aliphatic heterocycles. The van der Waals surface area contributed by atoms with Crippen LogP contribution in [0.2, 0.25) is 0 Å². The molecule has 0 aliphatic carbocycles. The van der Waals surface area contributed by atoms with Crippen molar-refractivity contribution in [2.24, 2.45) is 0 Å². The molecule has 5 nitrogen and oxygen atoms in total. The lowest BCUT2D eigenvalue weighted by atomic mass is 10.2. The SMILES string of the molecule is CCO[Si](OCC)(OCC)c1ccc2c(c1)COC(C)O2. The molecule has 0 amide bonds. The zero-order valence-electron chi connectivity index (χ0n) is 13.2. The first kappa shape index (κ1) is 16.4. The van der Waals surface area contributed by atoms with E-state index in [9.17, 15) is 0 Å². The van der Waals surface area contributed by atoms with E-state index in [4.69, 9.17) is 22.8 Å². The van der Waals surface area contributed by atoms with Gasteiger partial charge in [0, 0.05) is 30.6 Å². The molecule has 0 bridgehead atoms. The predicted molar refractivity (Wildman–Crippen MR) is 81.6 cm³/mol. The first-order chi connectivity index (χ1) is 10.1. The average Bonchev–Trinajstić information content (AvgIpc) is 2.47. The predicted octanol–water partition coefficient (Wildman–Crippen LogP) is 2.20. The summed E-state index contributed by atoms with van der Waals surface area (Å²) in [5, 5.41) is 0.952. The van der Waals surface area contributed by atoms with Crippen molar-refractivity contribution in [3.8, 4) is 5.75 Å². The minimum absolute atomic E-state index is 0.212. The molecule has 0 spiro atoms. The number of hydrogen-bond donors (Lipinski definition) is 0. The number of fused-ring (bicyclic) bond motifs is 1. The highest BCUT2D eigenvalue weighted by Gasteiger charge is 2.43. The van der Waals surface area contributed by atoms with Crippen LogP contribution >= 0.6 is 0 Å². The second kappa shape index (κ2) is 7.37. The van der Waals surface area contributed by atoms with Gasteiger partial charge in [0.25, 0.3) is 0 Å². The first-order valence-corrected chi connectivity index (χ1v) is 9.21. The van der Waals surface area contributed by atoms with Gasteiger partial charge in [-0.3, -0.25) is 0 Å². The molecule has 1 unspecified atom stereocenters. The van der Waals surface area contributed by atoms with E-state index in [2.05, 4.69) is 0 Å². The minimum atomic E-state index is -2.86. The van der Waals surface area contributed by atoms with Crippen molar-refractivity contribution in [1.82, 2.24) is 0 Å². The zero-order chi connectivity index (χ0) is 15.3. The van der Waals surface area contributed by atoms with Gasteiger partial charge in [-0.1, -0.05) is 6.07 Å². The Balaban J connectivity index is 2.35. The maximum absolute atomic E-state index is 5.92. The highest BCUT2D eigenvalue weighted by molar-refractivity contribution is 6.75. The second-order valence-corrected chi connectivity index (χ2v) is 7.23. The van der Waals surface area contributed by atoms with E-state index in [-0.39, 0.29) is 6.29 Å². The average molecular weight is 312 g/mol. The summed E-state index contributed by atoms with van der Waals surface area (Å²) in [6, 6.07) is 5.95. The van der Waals surface area contributed by atoms with Gasteiger partial charge in [0.2, 0.25) is 0 Å². The van der Waals surface area contributed by atoms with Crippen LogP contribution in [-0.2, 0) is 24.6 Å². The number of hydrogen-bond acceptors (Lipinski definition) is 5. The van der Waals surface area contributed by atoms with Crippen LogP contribution in [0.4, 0.5) is 0 Å². The molecule has 6 heteroatoms. The van der Waals surface area contributed by atoms with Crippen molar-refractivity contribution < 1.29 is 22.8 Å². The number of benzene rings is 1. The van der Waals surface area contributed by atoms with Crippen LogP contribution in [0.15, 0.2) is 18.2 Å². The summed E-state index contributed by atoms with van der Waals surface area (Å²) in [7, 11) is -2.86. The van der Waals surface area contributed by atoms with Gasteiger partial charge < -0.3 is 22.8 Å². The summed E-state index contributed by atoms with van der Waals surface area (Å²) in [5.74, 6) is 0.852. The molecule has 0 saturated carbocycles. The molecular formula is C15H24O5Si. The van der Waals surface area contributed by atoms with Crippen molar-refractivity contribution in [3.05, 3.63) is 23.8 Å². The largest absolute Gasteiger partial charge is 0.537 e. The molecule has 2 rings (SSSR count). The number of rotatable bonds is 7. The molecule has 0 aromatic heterocycles. The maximum atomic E-state index is 5.92. The molecule has 1 aliphatic rings. The minimum Gasteiger partial charge on any atom is -0.465 e. The van der Waals surface area contributed by atoms with E-state index >= 15 is 0 Å². The summed E-state index contributed by atoms with van der Waals surface area (Å²) in [6.45, 7) is 9.91. The van der Waals surface area contributed by atoms with Gasteiger partial charge in [-0.2, -0.15) is 0 Å². The van der Waals surface area contributed by atoms with Crippen molar-refractivity contribution >= 4 is 14.0 Å². The van der Waals surface area contributed by atoms with E-state index in [1.807, 2.05) is 45.9 Å². The lowest BCUT2D eigenvalue weighted by Gasteiger charge is -2.30. The Morgan fingerprint density at radius 2 is 1.71 bits per heavy atom. The topological polar surface area (TPSA) is 46.2 Å². The third kappa shape index (κ3) is 3.64. The monoisotopic (exact) mass is 312 g/mol. The number of ether oxygens (including phenoxy) is 2. The molecule has 118 valence electrons. The van der Waals surface area contributed by atoms with Crippen molar-refractivity contribution in [2.75, 3.05) is 19.8 Å². The lowest BCUT2D eigenvalue weighted by Crippen LogP contribution is -2.57. The lowest BCUT2D eigenvalue weighted by molar-refractivity contribution is -0.0943. The van der Waals surface area contributed by atoms with E-state index in [1.165, 1.54) is 0 Å². The van der Waals surface area contributed by atoms with Crippen LogP contribution in [0.3, 0.4) is 0 Å². The summed E-state index contributed by atoms with van der Waals surface area (Å²) in [5.41, 5.74) is 1.00. The van der Waals surface area contributed by atoms with Gasteiger partial charge in [-0.25, -0.2) is 0 Å². The van der Waals surface area contributed by atoms with E-state index in [0.29, 0.717) is 26.4 Å².